The third-order valence-corrected chi connectivity index (χ3v) is 6.32. The van der Waals surface area contributed by atoms with E-state index in [9.17, 15) is 4.79 Å². The second-order valence-corrected chi connectivity index (χ2v) is 8.09. The molecule has 0 atom stereocenters. The van der Waals surface area contributed by atoms with Gasteiger partial charge >= 0.3 is 0 Å². The van der Waals surface area contributed by atoms with Crippen molar-refractivity contribution in [1.29, 1.82) is 0 Å². The van der Waals surface area contributed by atoms with Crippen LogP contribution >= 0.6 is 11.3 Å². The van der Waals surface area contributed by atoms with E-state index in [1.807, 2.05) is 18.2 Å². The first-order valence-electron chi connectivity index (χ1n) is 9.97. The van der Waals surface area contributed by atoms with E-state index in [-0.39, 0.29) is 5.56 Å². The number of nitrogens with zero attached hydrogens (tertiary/aromatic N) is 3. The first-order valence-corrected chi connectivity index (χ1v) is 10.8. The molecule has 0 bridgehead atoms. The van der Waals surface area contributed by atoms with Gasteiger partial charge in [0, 0.05) is 5.69 Å². The van der Waals surface area contributed by atoms with Gasteiger partial charge in [-0.2, -0.15) is 0 Å². The summed E-state index contributed by atoms with van der Waals surface area (Å²) in [5, 5.41) is 0. The fourth-order valence-electron chi connectivity index (χ4n) is 3.55. The molecule has 0 radical (unpaired) electrons. The van der Waals surface area contributed by atoms with Gasteiger partial charge in [-0.25, -0.2) is 4.99 Å². The Morgan fingerprint density at radius 3 is 2.32 bits per heavy atom. The molecule has 31 heavy (non-hydrogen) atoms. The zero-order chi connectivity index (χ0) is 22.0. The molecule has 0 fully saturated rings. The maximum absolute atomic E-state index is 13.1. The Bertz CT molecular complexity index is 1240. The average molecular weight is 440 g/mol. The molecule has 7 nitrogen and oxygen atoms in total. The summed E-state index contributed by atoms with van der Waals surface area (Å²) in [7, 11) is 4.70. The Labute approximate surface area is 184 Å². The Balaban J connectivity index is 1.70. The molecule has 0 spiro atoms. The number of aryl methyl sites for hydroxylation is 1. The van der Waals surface area contributed by atoms with E-state index in [0.29, 0.717) is 35.1 Å². The van der Waals surface area contributed by atoms with Crippen LogP contribution in [0.1, 0.15) is 18.1 Å². The van der Waals surface area contributed by atoms with Crippen molar-refractivity contribution in [2.24, 2.45) is 4.99 Å². The number of benzene rings is 2. The highest BCUT2D eigenvalue weighted by Gasteiger charge is 2.17. The van der Waals surface area contributed by atoms with Crippen LogP contribution in [0.15, 0.2) is 46.2 Å². The normalized spacial score (nSPS) is 13.5. The zero-order valence-corrected chi connectivity index (χ0v) is 18.9. The Morgan fingerprint density at radius 2 is 1.74 bits per heavy atom. The summed E-state index contributed by atoms with van der Waals surface area (Å²) in [5.41, 5.74) is 3.07. The van der Waals surface area contributed by atoms with Gasteiger partial charge in [-0.1, -0.05) is 30.4 Å². The zero-order valence-electron chi connectivity index (χ0n) is 18.0. The lowest BCUT2D eigenvalue weighted by Gasteiger charge is -2.25. The smallest absolute Gasteiger partial charge is 0.271 e. The molecule has 0 amide bonds. The molecule has 4 rings (SSSR count). The third kappa shape index (κ3) is 4.03. The maximum Gasteiger partial charge on any atom is 0.271 e. The van der Waals surface area contributed by atoms with E-state index in [1.165, 1.54) is 16.9 Å². The summed E-state index contributed by atoms with van der Waals surface area (Å²) in [5.74, 6) is 1.60. The van der Waals surface area contributed by atoms with E-state index >= 15 is 0 Å². The molecular formula is C23H25N3O4S. The van der Waals surface area contributed by atoms with Crippen LogP contribution in [-0.4, -0.2) is 32.6 Å². The largest absolute Gasteiger partial charge is 0.493 e. The monoisotopic (exact) mass is 439 g/mol. The molecule has 0 N–H and O–H groups in total. The van der Waals surface area contributed by atoms with Crippen molar-refractivity contribution in [3.05, 3.63) is 67.2 Å². The van der Waals surface area contributed by atoms with Gasteiger partial charge in [0.2, 0.25) is 5.75 Å². The number of thiazole rings is 1. The molecular weight excluding hydrogens is 414 g/mol. The second-order valence-electron chi connectivity index (χ2n) is 7.09. The molecule has 2 heterocycles. The number of methoxy groups -OCH3 is 3. The molecule has 0 unspecified atom stereocenters. The number of aromatic nitrogens is 1. The number of hydrogen-bond donors (Lipinski definition) is 0. The van der Waals surface area contributed by atoms with E-state index in [4.69, 9.17) is 14.2 Å². The lowest BCUT2D eigenvalue weighted by atomic mass is 10.1. The van der Waals surface area contributed by atoms with Gasteiger partial charge in [-0.15, -0.1) is 0 Å². The first-order chi connectivity index (χ1) is 15.1. The van der Waals surface area contributed by atoms with Crippen LogP contribution in [-0.2, 0) is 13.1 Å². The van der Waals surface area contributed by atoms with Crippen molar-refractivity contribution in [1.82, 2.24) is 4.57 Å². The Morgan fingerprint density at radius 1 is 1.06 bits per heavy atom. The fraction of sp³-hybridized carbons (Fsp3) is 0.304. The SMILES string of the molecule is CCc1ccc(N2CN=c3sc(=Cc4cc(OC)c(OC)c(OC)c4)c(=O)n3C2)cc1. The Kier molecular flexibility index (Phi) is 5.99. The highest BCUT2D eigenvalue weighted by atomic mass is 32.1. The highest BCUT2D eigenvalue weighted by Crippen LogP contribution is 2.38. The van der Waals surface area contributed by atoms with Crippen LogP contribution in [0.2, 0.25) is 0 Å². The summed E-state index contributed by atoms with van der Waals surface area (Å²) in [4.78, 5) is 20.5. The van der Waals surface area contributed by atoms with Crippen LogP contribution in [0.4, 0.5) is 5.69 Å². The molecule has 1 aliphatic rings. The van der Waals surface area contributed by atoms with Gasteiger partial charge in [0.15, 0.2) is 16.3 Å². The molecule has 3 aromatic rings. The maximum atomic E-state index is 13.1. The van der Waals surface area contributed by atoms with Gasteiger partial charge in [-0.3, -0.25) is 9.36 Å². The standard InChI is InChI=1S/C23H25N3O4S/c1-5-15-6-8-17(9-7-15)25-13-24-23-26(14-25)22(27)20(31-23)12-16-10-18(28-2)21(30-4)19(11-16)29-3/h6-12H,5,13-14H2,1-4H3. The summed E-state index contributed by atoms with van der Waals surface area (Å²) in [6.07, 6.45) is 2.83. The van der Waals surface area contributed by atoms with E-state index in [1.54, 1.807) is 25.9 Å². The predicted octanol–water partition coefficient (Wildman–Crippen LogP) is 2.38. The fourth-order valence-corrected chi connectivity index (χ4v) is 4.52. The molecule has 0 saturated heterocycles. The van der Waals surface area contributed by atoms with Crippen LogP contribution < -0.4 is 34.0 Å². The van der Waals surface area contributed by atoms with E-state index in [2.05, 4.69) is 41.1 Å². The lowest BCUT2D eigenvalue weighted by Crippen LogP contribution is -2.42. The first kappa shape index (κ1) is 21.0. The van der Waals surface area contributed by atoms with Crippen molar-refractivity contribution >= 4 is 23.1 Å². The van der Waals surface area contributed by atoms with Crippen molar-refractivity contribution in [3.63, 3.8) is 0 Å². The molecule has 162 valence electrons. The van der Waals surface area contributed by atoms with Crippen molar-refractivity contribution in [2.45, 2.75) is 20.0 Å². The number of rotatable bonds is 6. The minimum absolute atomic E-state index is 0.0626. The summed E-state index contributed by atoms with van der Waals surface area (Å²) in [6, 6.07) is 12.0. The number of hydrogen-bond acceptors (Lipinski definition) is 7. The topological polar surface area (TPSA) is 65.3 Å². The number of ether oxygens (including phenoxy) is 3. The number of fused-ring (bicyclic) bond motifs is 1. The van der Waals surface area contributed by atoms with Gasteiger partial charge < -0.3 is 19.1 Å². The Hall–Kier alpha value is -3.26. The van der Waals surface area contributed by atoms with Crippen LogP contribution in [0.25, 0.3) is 6.08 Å². The third-order valence-electron chi connectivity index (χ3n) is 5.27. The van der Waals surface area contributed by atoms with Crippen LogP contribution in [0, 0.1) is 0 Å². The molecule has 2 aromatic carbocycles. The van der Waals surface area contributed by atoms with Crippen molar-refractivity contribution < 1.29 is 14.2 Å². The average Bonchev–Trinajstić information content (AvgIpc) is 3.12. The molecule has 1 aliphatic heterocycles. The quantitative estimate of drug-likeness (QED) is 0.590. The summed E-state index contributed by atoms with van der Waals surface area (Å²) >= 11 is 1.39. The van der Waals surface area contributed by atoms with E-state index < -0.39 is 0 Å². The van der Waals surface area contributed by atoms with Gasteiger partial charge in [0.05, 0.1) is 25.9 Å². The minimum atomic E-state index is -0.0626. The summed E-state index contributed by atoms with van der Waals surface area (Å²) in [6.45, 7) is 3.13. The molecule has 1 aromatic heterocycles. The van der Waals surface area contributed by atoms with Gasteiger partial charge in [0.25, 0.3) is 5.56 Å². The second kappa shape index (κ2) is 8.85. The number of anilines is 1. The van der Waals surface area contributed by atoms with Crippen molar-refractivity contribution in [2.75, 3.05) is 32.9 Å². The summed E-state index contributed by atoms with van der Waals surface area (Å²) < 4.78 is 18.5. The van der Waals surface area contributed by atoms with Crippen LogP contribution in [0.3, 0.4) is 0 Å². The highest BCUT2D eigenvalue weighted by molar-refractivity contribution is 7.07. The molecule has 0 saturated carbocycles. The van der Waals surface area contributed by atoms with Gasteiger partial charge in [-0.05, 0) is 47.9 Å². The van der Waals surface area contributed by atoms with Crippen LogP contribution in [0.5, 0.6) is 17.2 Å². The minimum Gasteiger partial charge on any atom is -0.493 e. The van der Waals surface area contributed by atoms with Crippen molar-refractivity contribution in [3.8, 4) is 17.2 Å². The molecule has 8 heteroatoms. The lowest BCUT2D eigenvalue weighted by molar-refractivity contribution is 0.324. The molecule has 0 aliphatic carbocycles. The van der Waals surface area contributed by atoms with E-state index in [0.717, 1.165) is 22.5 Å². The van der Waals surface area contributed by atoms with Gasteiger partial charge in [0.1, 0.15) is 13.3 Å². The predicted molar refractivity (Wildman–Crippen MR) is 122 cm³/mol.